The zero-order chi connectivity index (χ0) is 14.5. The lowest BCUT2D eigenvalue weighted by Crippen LogP contribution is -2.49. The minimum Gasteiger partial charge on any atom is -0.481 e. The third kappa shape index (κ3) is 3.60. The molecule has 1 aromatic heterocycles. The Kier molecular flexibility index (Phi) is 4.78. The fraction of sp³-hybridized carbons (Fsp3) is 0.500. The first-order valence-electron chi connectivity index (χ1n) is 6.18. The first-order chi connectivity index (χ1) is 9.58. The monoisotopic (exact) mass is 297 g/mol. The third-order valence-electron chi connectivity index (χ3n) is 3.05. The van der Waals surface area contributed by atoms with E-state index < -0.39 is 11.7 Å². The van der Waals surface area contributed by atoms with E-state index in [1.807, 2.05) is 0 Å². The molecule has 1 aliphatic rings. The van der Waals surface area contributed by atoms with Gasteiger partial charge >= 0.3 is 11.7 Å². The summed E-state index contributed by atoms with van der Waals surface area (Å²) in [6.45, 7) is 0.407. The molecule has 1 aromatic rings. The Balaban J connectivity index is 2.08. The number of carboxylic acids is 1. The van der Waals surface area contributed by atoms with Gasteiger partial charge in [-0.05, 0) is 6.07 Å². The van der Waals surface area contributed by atoms with Crippen molar-refractivity contribution >= 4 is 23.6 Å². The van der Waals surface area contributed by atoms with Crippen LogP contribution in [0.5, 0.6) is 0 Å². The maximum Gasteiger partial charge on any atom is 0.347 e. The van der Waals surface area contributed by atoms with Crippen LogP contribution in [-0.4, -0.2) is 55.5 Å². The van der Waals surface area contributed by atoms with Gasteiger partial charge in [0, 0.05) is 30.4 Å². The number of aliphatic carboxylic acids is 1. The van der Waals surface area contributed by atoms with Gasteiger partial charge in [0.1, 0.15) is 6.54 Å². The fourth-order valence-corrected chi connectivity index (χ4v) is 3.16. The molecule has 0 saturated carbocycles. The van der Waals surface area contributed by atoms with Gasteiger partial charge in [-0.15, -0.1) is 0 Å². The lowest BCUT2D eigenvalue weighted by Gasteiger charge is -2.34. The molecule has 0 radical (unpaired) electrons. The van der Waals surface area contributed by atoms with Gasteiger partial charge in [0.2, 0.25) is 5.91 Å². The van der Waals surface area contributed by atoms with E-state index >= 15 is 0 Å². The molecule has 0 spiro atoms. The van der Waals surface area contributed by atoms with Gasteiger partial charge in [-0.3, -0.25) is 14.2 Å². The Labute approximate surface area is 119 Å². The predicted octanol–water partition coefficient (Wildman–Crippen LogP) is -0.338. The molecule has 1 saturated heterocycles. The highest BCUT2D eigenvalue weighted by Gasteiger charge is 2.28. The van der Waals surface area contributed by atoms with E-state index in [9.17, 15) is 14.4 Å². The van der Waals surface area contributed by atoms with Crippen LogP contribution >= 0.6 is 11.8 Å². The minimum absolute atomic E-state index is 0.0688. The molecular formula is C12H15N3O4S. The first kappa shape index (κ1) is 14.6. The van der Waals surface area contributed by atoms with Gasteiger partial charge in [-0.2, -0.15) is 11.8 Å². The van der Waals surface area contributed by atoms with Gasteiger partial charge in [-0.1, -0.05) is 0 Å². The molecule has 1 atom stereocenters. The van der Waals surface area contributed by atoms with Crippen LogP contribution in [0, 0.1) is 0 Å². The molecule has 0 aromatic carbocycles. The number of thioether (sulfide) groups is 1. The smallest absolute Gasteiger partial charge is 0.347 e. The van der Waals surface area contributed by atoms with Crippen LogP contribution in [0.4, 0.5) is 0 Å². The average Bonchev–Trinajstić information content (AvgIpc) is 2.41. The fourth-order valence-electron chi connectivity index (χ4n) is 2.10. The highest BCUT2D eigenvalue weighted by Crippen LogP contribution is 2.19. The minimum atomic E-state index is -0.922. The average molecular weight is 297 g/mol. The number of hydrogen-bond acceptors (Lipinski definition) is 5. The van der Waals surface area contributed by atoms with E-state index in [2.05, 4.69) is 4.98 Å². The van der Waals surface area contributed by atoms with Gasteiger partial charge in [0.05, 0.1) is 12.5 Å². The van der Waals surface area contributed by atoms with Gasteiger partial charge < -0.3 is 10.0 Å². The van der Waals surface area contributed by atoms with E-state index in [0.29, 0.717) is 12.3 Å². The summed E-state index contributed by atoms with van der Waals surface area (Å²) in [5, 5.41) is 8.89. The lowest BCUT2D eigenvalue weighted by atomic mass is 10.2. The molecule has 8 heteroatoms. The molecule has 0 aliphatic carbocycles. The summed E-state index contributed by atoms with van der Waals surface area (Å²) in [6.07, 6.45) is 2.80. The van der Waals surface area contributed by atoms with Crippen LogP contribution < -0.4 is 5.69 Å². The SMILES string of the molecule is O=C(O)CC1CSCCN1C(=O)Cn1cccnc1=O. The van der Waals surface area contributed by atoms with Crippen molar-refractivity contribution in [2.75, 3.05) is 18.1 Å². The molecular weight excluding hydrogens is 282 g/mol. The second-order valence-corrected chi connectivity index (χ2v) is 5.59. The van der Waals surface area contributed by atoms with Gasteiger partial charge in [-0.25, -0.2) is 9.78 Å². The summed E-state index contributed by atoms with van der Waals surface area (Å²) in [7, 11) is 0. The number of carbonyl (C=O) groups excluding carboxylic acids is 1. The maximum atomic E-state index is 12.2. The van der Waals surface area contributed by atoms with Crippen molar-refractivity contribution in [2.24, 2.45) is 0 Å². The lowest BCUT2D eigenvalue weighted by molar-refractivity contribution is -0.140. The second kappa shape index (κ2) is 6.56. The molecule has 1 unspecified atom stereocenters. The number of carbonyl (C=O) groups is 2. The standard InChI is InChI=1S/C12H15N3O4S/c16-10(7-14-3-1-2-13-12(14)19)15-4-5-20-8-9(15)6-11(17)18/h1-3,9H,4-8H2,(H,17,18). The summed E-state index contributed by atoms with van der Waals surface area (Å²) < 4.78 is 1.22. The van der Waals surface area contributed by atoms with E-state index in [4.69, 9.17) is 5.11 Å². The largest absolute Gasteiger partial charge is 0.481 e. The summed E-state index contributed by atoms with van der Waals surface area (Å²) in [5.41, 5.74) is -0.484. The summed E-state index contributed by atoms with van der Waals surface area (Å²) >= 11 is 1.64. The van der Waals surface area contributed by atoms with Crippen molar-refractivity contribution in [3.8, 4) is 0 Å². The Bertz CT molecular complexity index is 560. The first-order valence-corrected chi connectivity index (χ1v) is 7.34. The van der Waals surface area contributed by atoms with Crippen LogP contribution in [-0.2, 0) is 16.1 Å². The number of carboxylic acid groups (broad SMARTS) is 1. The molecule has 1 N–H and O–H groups in total. The highest BCUT2D eigenvalue weighted by atomic mass is 32.2. The quantitative estimate of drug-likeness (QED) is 0.817. The molecule has 2 rings (SSSR count). The molecule has 7 nitrogen and oxygen atoms in total. The van der Waals surface area contributed by atoms with Crippen molar-refractivity contribution in [2.45, 2.75) is 19.0 Å². The number of amides is 1. The normalized spacial score (nSPS) is 18.8. The van der Waals surface area contributed by atoms with E-state index in [0.717, 1.165) is 5.75 Å². The van der Waals surface area contributed by atoms with Crippen molar-refractivity contribution in [3.63, 3.8) is 0 Å². The van der Waals surface area contributed by atoms with Crippen molar-refractivity contribution in [1.82, 2.24) is 14.5 Å². The number of nitrogens with zero attached hydrogens (tertiary/aromatic N) is 3. The topological polar surface area (TPSA) is 92.5 Å². The molecule has 2 heterocycles. The van der Waals surface area contributed by atoms with E-state index in [-0.39, 0.29) is 24.9 Å². The zero-order valence-corrected chi connectivity index (χ0v) is 11.6. The van der Waals surface area contributed by atoms with Crippen LogP contribution in [0.2, 0.25) is 0 Å². The van der Waals surface area contributed by atoms with Crippen LogP contribution in [0.15, 0.2) is 23.3 Å². The predicted molar refractivity (Wildman–Crippen MR) is 73.6 cm³/mol. The molecule has 1 amide bonds. The summed E-state index contributed by atoms with van der Waals surface area (Å²) in [4.78, 5) is 39.7. The second-order valence-electron chi connectivity index (χ2n) is 4.44. The molecule has 0 bridgehead atoms. The van der Waals surface area contributed by atoms with E-state index in [1.54, 1.807) is 22.7 Å². The molecule has 1 aliphatic heterocycles. The van der Waals surface area contributed by atoms with Gasteiger partial charge in [0.25, 0.3) is 0 Å². The van der Waals surface area contributed by atoms with Crippen LogP contribution in [0.1, 0.15) is 6.42 Å². The molecule has 20 heavy (non-hydrogen) atoms. The Hall–Kier alpha value is -1.83. The number of hydrogen-bond donors (Lipinski definition) is 1. The number of rotatable bonds is 4. The molecule has 1 fully saturated rings. The van der Waals surface area contributed by atoms with Gasteiger partial charge in [0.15, 0.2) is 0 Å². The van der Waals surface area contributed by atoms with E-state index in [1.165, 1.54) is 17.0 Å². The van der Waals surface area contributed by atoms with Crippen molar-refractivity contribution in [1.29, 1.82) is 0 Å². The summed E-state index contributed by atoms with van der Waals surface area (Å²) in [5.74, 6) is 0.226. The zero-order valence-electron chi connectivity index (χ0n) is 10.8. The Morgan fingerprint density at radius 3 is 3.00 bits per heavy atom. The summed E-state index contributed by atoms with van der Waals surface area (Å²) in [6, 6.07) is 1.27. The Morgan fingerprint density at radius 2 is 2.30 bits per heavy atom. The highest BCUT2D eigenvalue weighted by molar-refractivity contribution is 7.99. The van der Waals surface area contributed by atoms with Crippen LogP contribution in [0.3, 0.4) is 0 Å². The third-order valence-corrected chi connectivity index (χ3v) is 4.14. The Morgan fingerprint density at radius 1 is 1.50 bits per heavy atom. The number of aromatic nitrogens is 2. The molecule has 108 valence electrons. The van der Waals surface area contributed by atoms with Crippen molar-refractivity contribution < 1.29 is 14.7 Å². The van der Waals surface area contributed by atoms with Crippen molar-refractivity contribution in [3.05, 3.63) is 28.9 Å². The van der Waals surface area contributed by atoms with Crippen LogP contribution in [0.25, 0.3) is 0 Å². The maximum absolute atomic E-state index is 12.2.